The number of fused-ring (bicyclic) bond motifs is 1. The summed E-state index contributed by atoms with van der Waals surface area (Å²) in [5.41, 5.74) is 1.45. The summed E-state index contributed by atoms with van der Waals surface area (Å²) in [6, 6.07) is 18.0. The van der Waals surface area contributed by atoms with Crippen LogP contribution in [0.2, 0.25) is 0 Å². The zero-order valence-electron chi connectivity index (χ0n) is 17.5. The van der Waals surface area contributed by atoms with E-state index < -0.39 is 6.61 Å². The molecule has 0 aliphatic heterocycles. The number of H-pyrrole nitrogens is 1. The molecule has 0 unspecified atom stereocenters. The van der Waals surface area contributed by atoms with E-state index in [-0.39, 0.29) is 23.6 Å². The Hall–Kier alpha value is -4.27. The molecular formula is C24H19F2N3O4. The number of alkyl halides is 2. The standard InChI is InChI=1S/C24H19F2N3O4/c1-32-16-9-6-14(7-10-16)19-12-15(8-11-21(19)33-24(25)26)27-22(30)13-20-17-4-2-3-5-18(17)23(31)29-28-20/h2-12,24H,13H2,1H3,(H,27,30)(H,29,31). The second-order valence-electron chi connectivity index (χ2n) is 7.09. The lowest BCUT2D eigenvalue weighted by Gasteiger charge is -2.14. The summed E-state index contributed by atoms with van der Waals surface area (Å²) in [6.07, 6.45) is -0.0928. The molecule has 0 atom stereocenters. The number of hydrogen-bond donors (Lipinski definition) is 2. The molecular weight excluding hydrogens is 432 g/mol. The lowest BCUT2D eigenvalue weighted by Crippen LogP contribution is -2.18. The van der Waals surface area contributed by atoms with Gasteiger partial charge in [0.15, 0.2) is 0 Å². The average Bonchev–Trinajstić information content (AvgIpc) is 2.82. The summed E-state index contributed by atoms with van der Waals surface area (Å²) in [4.78, 5) is 24.6. The number of hydrogen-bond acceptors (Lipinski definition) is 5. The van der Waals surface area contributed by atoms with Crippen molar-refractivity contribution in [1.29, 1.82) is 0 Å². The van der Waals surface area contributed by atoms with E-state index >= 15 is 0 Å². The Balaban J connectivity index is 1.61. The number of benzene rings is 3. The van der Waals surface area contributed by atoms with Gasteiger partial charge in [-0.1, -0.05) is 30.3 Å². The number of halogens is 2. The van der Waals surface area contributed by atoms with Crippen molar-refractivity contribution < 1.29 is 23.0 Å². The molecule has 0 bridgehead atoms. The van der Waals surface area contributed by atoms with Crippen molar-refractivity contribution in [2.75, 3.05) is 12.4 Å². The third-order valence-corrected chi connectivity index (χ3v) is 4.98. The normalized spacial score (nSPS) is 10.9. The minimum absolute atomic E-state index is 0.0264. The number of nitrogens with one attached hydrogen (secondary N) is 2. The molecule has 0 saturated carbocycles. The second-order valence-corrected chi connectivity index (χ2v) is 7.09. The summed E-state index contributed by atoms with van der Waals surface area (Å²) in [5.74, 6) is 0.199. The van der Waals surface area contributed by atoms with E-state index in [1.807, 2.05) is 0 Å². The molecule has 1 heterocycles. The SMILES string of the molecule is COc1ccc(-c2cc(NC(=O)Cc3n[nH]c(=O)c4ccccc34)ccc2OC(F)F)cc1. The number of aromatic amines is 1. The van der Waals surface area contributed by atoms with Crippen LogP contribution < -0.4 is 20.3 Å². The van der Waals surface area contributed by atoms with Crippen molar-refractivity contribution in [2.24, 2.45) is 0 Å². The highest BCUT2D eigenvalue weighted by atomic mass is 19.3. The first-order valence-electron chi connectivity index (χ1n) is 9.94. The third-order valence-electron chi connectivity index (χ3n) is 4.98. The predicted octanol–water partition coefficient (Wildman–Crippen LogP) is 4.38. The van der Waals surface area contributed by atoms with Gasteiger partial charge in [-0.2, -0.15) is 13.9 Å². The molecule has 9 heteroatoms. The highest BCUT2D eigenvalue weighted by Gasteiger charge is 2.15. The van der Waals surface area contributed by atoms with Gasteiger partial charge in [-0.3, -0.25) is 9.59 Å². The van der Waals surface area contributed by atoms with Gasteiger partial charge >= 0.3 is 6.61 Å². The van der Waals surface area contributed by atoms with Gasteiger partial charge in [-0.05, 0) is 42.0 Å². The van der Waals surface area contributed by atoms with Gasteiger partial charge in [0, 0.05) is 16.6 Å². The maximum atomic E-state index is 12.9. The average molecular weight is 451 g/mol. The molecule has 33 heavy (non-hydrogen) atoms. The van der Waals surface area contributed by atoms with Gasteiger partial charge in [0.2, 0.25) is 5.91 Å². The van der Waals surface area contributed by atoms with Crippen molar-refractivity contribution in [3.8, 4) is 22.6 Å². The van der Waals surface area contributed by atoms with Gasteiger partial charge in [0.1, 0.15) is 11.5 Å². The molecule has 0 aliphatic carbocycles. The lowest BCUT2D eigenvalue weighted by atomic mass is 10.0. The van der Waals surface area contributed by atoms with Gasteiger partial charge in [0.05, 0.1) is 24.6 Å². The molecule has 1 amide bonds. The van der Waals surface area contributed by atoms with Crippen molar-refractivity contribution in [3.63, 3.8) is 0 Å². The van der Waals surface area contributed by atoms with E-state index in [4.69, 9.17) is 4.74 Å². The topological polar surface area (TPSA) is 93.3 Å². The molecule has 1 aromatic heterocycles. The van der Waals surface area contributed by atoms with Crippen LogP contribution in [0, 0.1) is 0 Å². The van der Waals surface area contributed by atoms with Crippen LogP contribution in [0.1, 0.15) is 5.69 Å². The van der Waals surface area contributed by atoms with Crippen LogP contribution in [-0.4, -0.2) is 29.8 Å². The van der Waals surface area contributed by atoms with Crippen molar-refractivity contribution in [2.45, 2.75) is 13.0 Å². The molecule has 0 spiro atoms. The Morgan fingerprint density at radius 3 is 2.48 bits per heavy atom. The van der Waals surface area contributed by atoms with Crippen LogP contribution in [0.25, 0.3) is 21.9 Å². The van der Waals surface area contributed by atoms with Gasteiger partial charge in [-0.15, -0.1) is 0 Å². The van der Waals surface area contributed by atoms with Crippen LogP contribution in [0.4, 0.5) is 14.5 Å². The van der Waals surface area contributed by atoms with E-state index in [0.29, 0.717) is 39.0 Å². The first-order chi connectivity index (χ1) is 15.9. The number of nitrogens with zero attached hydrogens (tertiary/aromatic N) is 1. The fourth-order valence-corrected chi connectivity index (χ4v) is 3.47. The van der Waals surface area contributed by atoms with Gasteiger partial charge in [-0.25, -0.2) is 5.10 Å². The summed E-state index contributed by atoms with van der Waals surface area (Å²) in [7, 11) is 1.52. The molecule has 4 aromatic rings. The molecule has 0 radical (unpaired) electrons. The Morgan fingerprint density at radius 1 is 1.06 bits per heavy atom. The number of methoxy groups -OCH3 is 1. The van der Waals surface area contributed by atoms with E-state index in [0.717, 1.165) is 0 Å². The van der Waals surface area contributed by atoms with Crippen LogP contribution in [0.15, 0.2) is 71.5 Å². The fraction of sp³-hybridized carbons (Fsp3) is 0.125. The molecule has 0 aliphatic rings. The third kappa shape index (κ3) is 4.98. The molecule has 0 fully saturated rings. The smallest absolute Gasteiger partial charge is 0.387 e. The number of aromatic nitrogens is 2. The number of amides is 1. The molecule has 168 valence electrons. The molecule has 3 aromatic carbocycles. The summed E-state index contributed by atoms with van der Waals surface area (Å²) in [6.45, 7) is -3.00. The first-order valence-corrected chi connectivity index (χ1v) is 9.94. The maximum absolute atomic E-state index is 12.9. The van der Waals surface area contributed by atoms with Crippen LogP contribution in [0.5, 0.6) is 11.5 Å². The highest BCUT2D eigenvalue weighted by Crippen LogP contribution is 2.34. The van der Waals surface area contributed by atoms with Crippen LogP contribution in [-0.2, 0) is 11.2 Å². The van der Waals surface area contributed by atoms with Gasteiger partial charge < -0.3 is 14.8 Å². The van der Waals surface area contributed by atoms with Gasteiger partial charge in [0.25, 0.3) is 5.56 Å². The van der Waals surface area contributed by atoms with Crippen LogP contribution >= 0.6 is 0 Å². The quantitative estimate of drug-likeness (QED) is 0.435. The summed E-state index contributed by atoms with van der Waals surface area (Å²) in [5, 5.41) is 10.2. The minimum atomic E-state index is -3.00. The number of ether oxygens (including phenoxy) is 2. The van der Waals surface area contributed by atoms with Crippen LogP contribution in [0.3, 0.4) is 0 Å². The predicted molar refractivity (Wildman–Crippen MR) is 120 cm³/mol. The first kappa shape index (κ1) is 21.9. The number of anilines is 1. The minimum Gasteiger partial charge on any atom is -0.497 e. The van der Waals surface area contributed by atoms with E-state index in [1.165, 1.54) is 19.2 Å². The maximum Gasteiger partial charge on any atom is 0.387 e. The monoisotopic (exact) mass is 451 g/mol. The zero-order chi connectivity index (χ0) is 23.4. The number of carbonyl (C=O) groups excluding carboxylic acids is 1. The Kier molecular flexibility index (Phi) is 6.30. The summed E-state index contributed by atoms with van der Waals surface area (Å²) < 4.78 is 35.6. The summed E-state index contributed by atoms with van der Waals surface area (Å²) >= 11 is 0. The molecule has 7 nitrogen and oxygen atoms in total. The van der Waals surface area contributed by atoms with E-state index in [2.05, 4.69) is 20.3 Å². The largest absolute Gasteiger partial charge is 0.497 e. The van der Waals surface area contributed by atoms with E-state index in [9.17, 15) is 18.4 Å². The highest BCUT2D eigenvalue weighted by molar-refractivity contribution is 5.96. The Morgan fingerprint density at radius 2 is 1.79 bits per heavy atom. The molecule has 4 rings (SSSR count). The van der Waals surface area contributed by atoms with Crippen molar-refractivity contribution in [3.05, 3.63) is 82.8 Å². The molecule has 0 saturated heterocycles. The molecule has 2 N–H and O–H groups in total. The number of rotatable bonds is 7. The second kappa shape index (κ2) is 9.47. The Labute approximate surface area is 187 Å². The zero-order valence-corrected chi connectivity index (χ0v) is 17.5. The fourth-order valence-electron chi connectivity index (χ4n) is 3.47. The van der Waals surface area contributed by atoms with E-state index in [1.54, 1.807) is 54.6 Å². The van der Waals surface area contributed by atoms with Crippen molar-refractivity contribution >= 4 is 22.4 Å². The Bertz CT molecular complexity index is 1350. The number of carbonyl (C=O) groups is 1. The lowest BCUT2D eigenvalue weighted by molar-refractivity contribution is -0.115. The van der Waals surface area contributed by atoms with Crippen molar-refractivity contribution in [1.82, 2.24) is 10.2 Å².